The van der Waals surface area contributed by atoms with Gasteiger partial charge in [-0.2, -0.15) is 0 Å². The maximum absolute atomic E-state index is 11.9. The van der Waals surface area contributed by atoms with Gasteiger partial charge in [0.1, 0.15) is 11.4 Å². The van der Waals surface area contributed by atoms with Crippen LogP contribution in [0.5, 0.6) is 0 Å². The Balaban J connectivity index is 3.27. The second-order valence-corrected chi connectivity index (χ2v) is 4.57. The smallest absolute Gasteiger partial charge is 0.342 e. The highest BCUT2D eigenvalue weighted by atomic mass is 16.5. The van der Waals surface area contributed by atoms with Gasteiger partial charge in [0.2, 0.25) is 0 Å². The van der Waals surface area contributed by atoms with Gasteiger partial charge in [0.05, 0.1) is 12.1 Å². The minimum atomic E-state index is -0.416. The van der Waals surface area contributed by atoms with Crippen LogP contribution in [0.15, 0.2) is 22.7 Å². The molecule has 5 N–H and O–H groups in total. The highest BCUT2D eigenvalue weighted by Crippen LogP contribution is 2.32. The van der Waals surface area contributed by atoms with E-state index in [9.17, 15) is 4.79 Å². The van der Waals surface area contributed by atoms with E-state index in [2.05, 4.69) is 5.32 Å². The molecule has 5 heteroatoms. The highest BCUT2D eigenvalue weighted by molar-refractivity contribution is 5.95. The summed E-state index contributed by atoms with van der Waals surface area (Å²) in [5, 5.41) is 3.12. The number of rotatable bonds is 4. The number of nitrogens with one attached hydrogen (secondary N) is 1. The molecule has 0 spiro atoms. The molecule has 1 atom stereocenters. The molecule has 0 fully saturated rings. The quantitative estimate of drug-likeness (QED) is 0.653. The molecule has 0 amide bonds. The Morgan fingerprint density at radius 3 is 2.39 bits per heavy atom. The maximum Gasteiger partial charge on any atom is 0.342 e. The van der Waals surface area contributed by atoms with Gasteiger partial charge in [0.25, 0.3) is 0 Å². The summed E-state index contributed by atoms with van der Waals surface area (Å²) in [5.74, 6) is -0.0655. The normalized spacial score (nSPS) is 24.0. The molecule has 102 valence electrons. The van der Waals surface area contributed by atoms with E-state index in [-0.39, 0.29) is 0 Å². The summed E-state index contributed by atoms with van der Waals surface area (Å²) in [6.07, 6.45) is 1.44. The Morgan fingerprint density at radius 1 is 1.33 bits per heavy atom. The zero-order chi connectivity index (χ0) is 13.9. The van der Waals surface area contributed by atoms with Crippen molar-refractivity contribution in [2.75, 3.05) is 6.61 Å². The van der Waals surface area contributed by atoms with Crippen LogP contribution in [-0.2, 0) is 9.53 Å². The first-order valence-electron chi connectivity index (χ1n) is 6.35. The number of dihydropyridines is 1. The topological polar surface area (TPSA) is 90.4 Å². The van der Waals surface area contributed by atoms with Crippen LogP contribution in [0.2, 0.25) is 0 Å². The molecule has 1 aliphatic rings. The number of hydrogen-bond donors (Lipinski definition) is 3. The summed E-state index contributed by atoms with van der Waals surface area (Å²) in [6, 6.07) is 0. The van der Waals surface area contributed by atoms with E-state index in [0.717, 1.165) is 12.0 Å². The van der Waals surface area contributed by atoms with Gasteiger partial charge in [-0.05, 0) is 32.3 Å². The number of esters is 1. The SMILES string of the molecule is CCOC(=O)C1=C(N)NC(C)(CC)C(N)=C1CC. The molecule has 1 unspecified atom stereocenters. The van der Waals surface area contributed by atoms with E-state index < -0.39 is 11.5 Å². The molecule has 0 aromatic carbocycles. The molecule has 1 rings (SSSR count). The van der Waals surface area contributed by atoms with Gasteiger partial charge in [-0.25, -0.2) is 4.79 Å². The molecular formula is C13H23N3O2. The molecule has 0 radical (unpaired) electrons. The van der Waals surface area contributed by atoms with E-state index >= 15 is 0 Å². The van der Waals surface area contributed by atoms with E-state index in [4.69, 9.17) is 16.2 Å². The van der Waals surface area contributed by atoms with Crippen molar-refractivity contribution < 1.29 is 9.53 Å². The highest BCUT2D eigenvalue weighted by Gasteiger charge is 2.36. The van der Waals surface area contributed by atoms with Gasteiger partial charge in [-0.3, -0.25) is 0 Å². The summed E-state index contributed by atoms with van der Waals surface area (Å²) in [7, 11) is 0. The first-order chi connectivity index (χ1) is 8.41. The lowest BCUT2D eigenvalue weighted by Gasteiger charge is -2.37. The van der Waals surface area contributed by atoms with Crippen LogP contribution in [0.4, 0.5) is 0 Å². The van der Waals surface area contributed by atoms with E-state index in [0.29, 0.717) is 30.1 Å². The lowest BCUT2D eigenvalue weighted by molar-refractivity contribution is -0.138. The number of carbonyl (C=O) groups is 1. The lowest BCUT2D eigenvalue weighted by atomic mass is 9.84. The Morgan fingerprint density at radius 2 is 1.94 bits per heavy atom. The third kappa shape index (κ3) is 2.30. The lowest BCUT2D eigenvalue weighted by Crippen LogP contribution is -2.52. The zero-order valence-corrected chi connectivity index (χ0v) is 11.6. The van der Waals surface area contributed by atoms with Gasteiger partial charge < -0.3 is 21.5 Å². The maximum atomic E-state index is 11.9. The van der Waals surface area contributed by atoms with Crippen LogP contribution in [0.25, 0.3) is 0 Å². The minimum absolute atomic E-state index is 0.317. The third-order valence-electron chi connectivity index (χ3n) is 3.44. The molecule has 5 nitrogen and oxygen atoms in total. The van der Waals surface area contributed by atoms with Crippen LogP contribution in [0.1, 0.15) is 40.5 Å². The second kappa shape index (κ2) is 5.33. The number of carbonyl (C=O) groups excluding carboxylic acids is 1. The standard InChI is InChI=1S/C13H23N3O2/c1-5-8-9(12(17)18-7-3)11(15)16-13(4,6-2)10(8)14/h16H,5-7,14-15H2,1-4H3. The molecule has 1 aliphatic heterocycles. The number of nitrogens with two attached hydrogens (primary N) is 2. The molecule has 0 saturated carbocycles. The Hall–Kier alpha value is -1.65. The van der Waals surface area contributed by atoms with Crippen molar-refractivity contribution in [3.8, 4) is 0 Å². The van der Waals surface area contributed by atoms with Crippen molar-refractivity contribution in [3.05, 3.63) is 22.7 Å². The fraction of sp³-hybridized carbons (Fsp3) is 0.615. The van der Waals surface area contributed by atoms with Crippen LogP contribution in [-0.4, -0.2) is 18.1 Å². The van der Waals surface area contributed by atoms with Crippen LogP contribution < -0.4 is 16.8 Å². The summed E-state index contributed by atoms with van der Waals surface area (Å²) in [6.45, 7) is 8.04. The first-order valence-corrected chi connectivity index (χ1v) is 6.35. The van der Waals surface area contributed by atoms with Crippen LogP contribution in [0.3, 0.4) is 0 Å². The first kappa shape index (κ1) is 14.4. The fourth-order valence-corrected chi connectivity index (χ4v) is 2.14. The van der Waals surface area contributed by atoms with E-state index in [1.54, 1.807) is 6.92 Å². The molecule has 0 saturated heterocycles. The molecule has 0 aromatic heterocycles. The second-order valence-electron chi connectivity index (χ2n) is 4.57. The summed E-state index contributed by atoms with van der Waals surface area (Å²) < 4.78 is 5.03. The summed E-state index contributed by atoms with van der Waals surface area (Å²) in [4.78, 5) is 11.9. The van der Waals surface area contributed by atoms with Crippen molar-refractivity contribution in [1.29, 1.82) is 0 Å². The molecule has 1 heterocycles. The third-order valence-corrected chi connectivity index (χ3v) is 3.44. The predicted octanol–water partition coefficient (Wildman–Crippen LogP) is 1.11. The van der Waals surface area contributed by atoms with Gasteiger partial charge in [-0.15, -0.1) is 0 Å². The Kier molecular flexibility index (Phi) is 4.27. The van der Waals surface area contributed by atoms with Gasteiger partial charge in [0, 0.05) is 5.70 Å². The van der Waals surface area contributed by atoms with Crippen molar-refractivity contribution in [3.63, 3.8) is 0 Å². The Labute approximate surface area is 108 Å². The van der Waals surface area contributed by atoms with Crippen molar-refractivity contribution in [1.82, 2.24) is 5.32 Å². The minimum Gasteiger partial charge on any atom is -0.462 e. The monoisotopic (exact) mass is 253 g/mol. The van der Waals surface area contributed by atoms with Crippen molar-refractivity contribution in [2.24, 2.45) is 11.5 Å². The molecular weight excluding hydrogens is 230 g/mol. The fourth-order valence-electron chi connectivity index (χ4n) is 2.14. The zero-order valence-electron chi connectivity index (χ0n) is 11.6. The Bertz CT molecular complexity index is 412. The van der Waals surface area contributed by atoms with E-state index in [1.165, 1.54) is 0 Å². The number of hydrogen-bond acceptors (Lipinski definition) is 5. The van der Waals surface area contributed by atoms with Gasteiger partial charge >= 0.3 is 5.97 Å². The van der Waals surface area contributed by atoms with Crippen LogP contribution in [0, 0.1) is 0 Å². The molecule has 0 aliphatic carbocycles. The number of ether oxygens (including phenoxy) is 1. The van der Waals surface area contributed by atoms with E-state index in [1.807, 2.05) is 20.8 Å². The van der Waals surface area contributed by atoms with Gasteiger partial charge in [-0.1, -0.05) is 13.8 Å². The molecule has 0 aromatic rings. The van der Waals surface area contributed by atoms with Gasteiger partial charge in [0.15, 0.2) is 0 Å². The van der Waals surface area contributed by atoms with Crippen LogP contribution >= 0.6 is 0 Å². The predicted molar refractivity (Wildman–Crippen MR) is 71.2 cm³/mol. The average Bonchev–Trinajstić information content (AvgIpc) is 2.33. The van der Waals surface area contributed by atoms with Crippen molar-refractivity contribution in [2.45, 2.75) is 46.1 Å². The summed E-state index contributed by atoms with van der Waals surface area (Å²) >= 11 is 0. The largest absolute Gasteiger partial charge is 0.462 e. The molecule has 18 heavy (non-hydrogen) atoms. The van der Waals surface area contributed by atoms with Crippen molar-refractivity contribution >= 4 is 5.97 Å². The summed E-state index contributed by atoms with van der Waals surface area (Å²) in [5.41, 5.74) is 13.6. The average molecular weight is 253 g/mol. The molecule has 0 bridgehead atoms.